The largest absolute Gasteiger partial charge is 0.494 e. The summed E-state index contributed by atoms with van der Waals surface area (Å²) in [6.45, 7) is 5.52. The van der Waals surface area contributed by atoms with Crippen LogP contribution >= 0.6 is 0 Å². The van der Waals surface area contributed by atoms with Gasteiger partial charge in [0.15, 0.2) is 5.78 Å². The Morgan fingerprint density at radius 2 is 1.39 bits per heavy atom. The molecule has 0 amide bonds. The number of nitrogens with zero attached hydrogens (tertiary/aromatic N) is 2. The molecule has 1 heterocycles. The van der Waals surface area contributed by atoms with E-state index in [1.807, 2.05) is 72.8 Å². The van der Waals surface area contributed by atoms with Crippen LogP contribution in [0.15, 0.2) is 96.2 Å². The molecule has 0 spiro atoms. The highest BCUT2D eigenvalue weighted by atomic mass is 16.7. The van der Waals surface area contributed by atoms with Crippen LogP contribution < -0.4 is 4.74 Å². The van der Waals surface area contributed by atoms with Crippen LogP contribution in [0.2, 0.25) is 0 Å². The number of carbonyl (C=O) groups is 3. The highest BCUT2D eigenvalue weighted by molar-refractivity contribution is 6.45. The molecule has 0 bridgehead atoms. The second-order valence-electron chi connectivity index (χ2n) is 9.78. The number of para-hydroxylation sites is 1. The summed E-state index contributed by atoms with van der Waals surface area (Å²) in [4.78, 5) is 41.8. The van der Waals surface area contributed by atoms with Crippen molar-refractivity contribution in [2.45, 2.75) is 33.6 Å². The molecule has 4 aromatic carbocycles. The van der Waals surface area contributed by atoms with Crippen LogP contribution in [0, 0.1) is 0 Å². The van der Waals surface area contributed by atoms with E-state index < -0.39 is 5.97 Å². The molecule has 0 N–H and O–H groups in total. The summed E-state index contributed by atoms with van der Waals surface area (Å²) < 4.78 is 7.82. The predicted octanol–water partition coefficient (Wildman–Crippen LogP) is 7.32. The maximum absolute atomic E-state index is 13.2. The molecule has 0 aliphatic carbocycles. The fourth-order valence-corrected chi connectivity index (χ4v) is 4.74. The third-order valence-corrected chi connectivity index (χ3v) is 6.85. The fraction of sp³-hybridized carbons (Fsp3) is 0.176. The van der Waals surface area contributed by atoms with Gasteiger partial charge >= 0.3 is 5.97 Å². The summed E-state index contributed by atoms with van der Waals surface area (Å²) in [6.07, 6.45) is 2.06. The minimum absolute atomic E-state index is 0.0622. The van der Waals surface area contributed by atoms with Crippen LogP contribution in [0.3, 0.4) is 0 Å². The Morgan fingerprint density at radius 3 is 2.07 bits per heavy atom. The average molecular weight is 547 g/mol. The quantitative estimate of drug-likeness (QED) is 0.0602. The fourth-order valence-electron chi connectivity index (χ4n) is 4.74. The Hall–Kier alpha value is -5.04. The van der Waals surface area contributed by atoms with Crippen molar-refractivity contribution in [1.82, 2.24) is 4.57 Å². The van der Waals surface area contributed by atoms with Gasteiger partial charge < -0.3 is 14.1 Å². The minimum atomic E-state index is -0.589. The molecule has 0 atom stereocenters. The second kappa shape index (κ2) is 12.0. The van der Waals surface area contributed by atoms with Gasteiger partial charge in [0.25, 0.3) is 0 Å². The molecule has 5 aromatic rings. The third kappa shape index (κ3) is 5.79. The monoisotopic (exact) mass is 546 g/mol. The number of unbranched alkanes of at least 4 members (excludes halogenated alkanes) is 1. The van der Waals surface area contributed by atoms with Gasteiger partial charge in [0.1, 0.15) is 11.5 Å². The molecule has 7 nitrogen and oxygen atoms in total. The Bertz CT molecular complexity index is 1780. The SMILES string of the molecule is CCCCOc1ccc(C(=O)c2ccc(-n3c4ccccc4c4cc(C(=O)C(C)=NOC(C)=O)ccc43)cc2)cc1. The number of Topliss-reactive ketones (excluding diaryl/α,β-unsaturated/α-hetero) is 1. The smallest absolute Gasteiger partial charge is 0.331 e. The molecular weight excluding hydrogens is 516 g/mol. The van der Waals surface area contributed by atoms with Crippen molar-refractivity contribution in [2.24, 2.45) is 5.16 Å². The minimum Gasteiger partial charge on any atom is -0.494 e. The highest BCUT2D eigenvalue weighted by Gasteiger charge is 2.17. The van der Waals surface area contributed by atoms with E-state index in [9.17, 15) is 14.4 Å². The number of ketones is 2. The first-order valence-corrected chi connectivity index (χ1v) is 13.6. The van der Waals surface area contributed by atoms with E-state index in [2.05, 4.69) is 21.5 Å². The van der Waals surface area contributed by atoms with Gasteiger partial charge in [-0.2, -0.15) is 0 Å². The summed E-state index contributed by atoms with van der Waals surface area (Å²) >= 11 is 0. The van der Waals surface area contributed by atoms with Crippen LogP contribution in [0.25, 0.3) is 27.5 Å². The number of aromatic nitrogens is 1. The first-order valence-electron chi connectivity index (χ1n) is 13.6. The van der Waals surface area contributed by atoms with E-state index in [0.29, 0.717) is 23.3 Å². The molecule has 0 radical (unpaired) electrons. The van der Waals surface area contributed by atoms with Crippen molar-refractivity contribution in [1.29, 1.82) is 0 Å². The van der Waals surface area contributed by atoms with Crippen molar-refractivity contribution < 1.29 is 24.0 Å². The van der Waals surface area contributed by atoms with E-state index in [1.165, 1.54) is 13.8 Å². The zero-order chi connectivity index (χ0) is 28.9. The Labute approximate surface area is 238 Å². The summed E-state index contributed by atoms with van der Waals surface area (Å²) in [5.41, 5.74) is 4.48. The van der Waals surface area contributed by atoms with Crippen molar-refractivity contribution in [3.63, 3.8) is 0 Å². The summed E-state index contributed by atoms with van der Waals surface area (Å²) in [5, 5.41) is 5.51. The summed E-state index contributed by atoms with van der Waals surface area (Å²) in [5.74, 6) is -0.219. The predicted molar refractivity (Wildman–Crippen MR) is 160 cm³/mol. The van der Waals surface area contributed by atoms with Crippen LogP contribution in [0.5, 0.6) is 5.75 Å². The Kier molecular flexibility index (Phi) is 8.06. The van der Waals surface area contributed by atoms with Crippen LogP contribution in [0.1, 0.15) is 59.9 Å². The molecule has 0 unspecified atom stereocenters. The standard InChI is InChI=1S/C34H30N2O5/c1-4-5-20-40-28-17-12-25(13-18-28)34(39)24-10-15-27(16-11-24)36-31-9-7-6-8-29(31)30-21-26(14-19-32(30)36)33(38)22(2)35-41-23(3)37/h6-19,21H,4-5,20H2,1-3H3. The maximum atomic E-state index is 13.2. The lowest BCUT2D eigenvalue weighted by Crippen LogP contribution is -2.11. The zero-order valence-corrected chi connectivity index (χ0v) is 23.2. The Morgan fingerprint density at radius 1 is 0.756 bits per heavy atom. The lowest BCUT2D eigenvalue weighted by molar-refractivity contribution is -0.140. The number of carbonyl (C=O) groups excluding carboxylic acids is 3. The van der Waals surface area contributed by atoms with E-state index in [0.717, 1.165) is 46.1 Å². The molecule has 0 saturated heterocycles. The first-order chi connectivity index (χ1) is 19.9. The topological polar surface area (TPSA) is 87.0 Å². The molecule has 1 aromatic heterocycles. The van der Waals surface area contributed by atoms with Crippen molar-refractivity contribution in [3.05, 3.63) is 108 Å². The number of fused-ring (bicyclic) bond motifs is 3. The lowest BCUT2D eigenvalue weighted by atomic mass is 10.0. The summed E-state index contributed by atoms with van der Waals surface area (Å²) in [7, 11) is 0. The van der Waals surface area contributed by atoms with Gasteiger partial charge in [-0.1, -0.05) is 36.7 Å². The van der Waals surface area contributed by atoms with Gasteiger partial charge in [-0.15, -0.1) is 0 Å². The third-order valence-electron chi connectivity index (χ3n) is 6.85. The summed E-state index contributed by atoms with van der Waals surface area (Å²) in [6, 6.07) is 28.2. The van der Waals surface area contributed by atoms with Gasteiger partial charge in [-0.05, 0) is 86.1 Å². The lowest BCUT2D eigenvalue weighted by Gasteiger charge is -2.10. The van der Waals surface area contributed by atoms with Crippen molar-refractivity contribution >= 4 is 45.1 Å². The van der Waals surface area contributed by atoms with E-state index in [4.69, 9.17) is 4.74 Å². The number of hydrogen-bond acceptors (Lipinski definition) is 6. The molecule has 5 rings (SSSR count). The van der Waals surface area contributed by atoms with Gasteiger partial charge in [-0.3, -0.25) is 9.59 Å². The maximum Gasteiger partial charge on any atom is 0.331 e. The number of oxime groups is 1. The first kappa shape index (κ1) is 27.5. The van der Waals surface area contributed by atoms with E-state index in [1.54, 1.807) is 18.2 Å². The molecular formula is C34H30N2O5. The van der Waals surface area contributed by atoms with Crippen LogP contribution in [-0.4, -0.2) is 34.4 Å². The molecule has 7 heteroatoms. The zero-order valence-electron chi connectivity index (χ0n) is 23.2. The highest BCUT2D eigenvalue weighted by Crippen LogP contribution is 2.33. The van der Waals surface area contributed by atoms with Gasteiger partial charge in [0, 0.05) is 40.1 Å². The van der Waals surface area contributed by atoms with E-state index in [-0.39, 0.29) is 17.3 Å². The second-order valence-corrected chi connectivity index (χ2v) is 9.78. The molecule has 0 saturated carbocycles. The number of rotatable bonds is 10. The normalized spacial score (nSPS) is 11.5. The number of hydrogen-bond donors (Lipinski definition) is 0. The average Bonchev–Trinajstić information content (AvgIpc) is 3.33. The van der Waals surface area contributed by atoms with E-state index >= 15 is 0 Å². The van der Waals surface area contributed by atoms with Gasteiger partial charge in [0.2, 0.25) is 5.78 Å². The Balaban J connectivity index is 1.46. The molecule has 0 aliphatic heterocycles. The van der Waals surface area contributed by atoms with Crippen LogP contribution in [0.4, 0.5) is 0 Å². The molecule has 0 fully saturated rings. The number of ether oxygens (including phenoxy) is 1. The number of benzene rings is 4. The molecule has 0 aliphatic rings. The van der Waals surface area contributed by atoms with Crippen molar-refractivity contribution in [2.75, 3.05) is 6.61 Å². The van der Waals surface area contributed by atoms with Gasteiger partial charge in [-0.25, -0.2) is 4.79 Å². The molecule has 41 heavy (non-hydrogen) atoms. The van der Waals surface area contributed by atoms with Crippen LogP contribution in [-0.2, 0) is 9.63 Å². The molecule has 206 valence electrons. The van der Waals surface area contributed by atoms with Gasteiger partial charge in [0.05, 0.1) is 17.6 Å². The van der Waals surface area contributed by atoms with Crippen molar-refractivity contribution in [3.8, 4) is 11.4 Å².